The topological polar surface area (TPSA) is 69.8 Å². The SMILES string of the molecule is Cc1cc(C)cc(NC(N)=NCc2ccnc(N3CCN(C)CC3)c2)c1. The fraction of sp³-hybridized carbons (Fsp3) is 0.400. The molecule has 3 rings (SSSR count). The van der Waals surface area contributed by atoms with Crippen molar-refractivity contribution in [1.82, 2.24) is 9.88 Å². The van der Waals surface area contributed by atoms with E-state index in [1.54, 1.807) is 0 Å². The predicted octanol–water partition coefficient (Wildman–Crippen LogP) is 2.38. The number of likely N-dealkylation sites (N-methyl/N-ethyl adjacent to an activating group) is 1. The van der Waals surface area contributed by atoms with Gasteiger partial charge in [0.15, 0.2) is 5.96 Å². The number of nitrogens with zero attached hydrogens (tertiary/aromatic N) is 4. The smallest absolute Gasteiger partial charge is 0.193 e. The number of guanidine groups is 1. The number of hydrogen-bond acceptors (Lipinski definition) is 4. The van der Waals surface area contributed by atoms with Crippen LogP contribution in [-0.4, -0.2) is 49.1 Å². The Morgan fingerprint density at radius 3 is 2.50 bits per heavy atom. The van der Waals surface area contributed by atoms with Crippen molar-refractivity contribution in [3.63, 3.8) is 0 Å². The molecule has 2 aromatic rings. The summed E-state index contributed by atoms with van der Waals surface area (Å²) < 4.78 is 0. The zero-order chi connectivity index (χ0) is 18.5. The van der Waals surface area contributed by atoms with E-state index < -0.39 is 0 Å². The summed E-state index contributed by atoms with van der Waals surface area (Å²) in [6.07, 6.45) is 1.85. The van der Waals surface area contributed by atoms with Crippen molar-refractivity contribution in [2.75, 3.05) is 43.4 Å². The molecule has 0 aliphatic carbocycles. The third-order valence-corrected chi connectivity index (χ3v) is 4.56. The first kappa shape index (κ1) is 18.2. The summed E-state index contributed by atoms with van der Waals surface area (Å²) in [5.74, 6) is 1.44. The number of aryl methyl sites for hydroxylation is 2. The first-order chi connectivity index (χ1) is 12.5. The van der Waals surface area contributed by atoms with Crippen LogP contribution in [0.1, 0.15) is 16.7 Å². The van der Waals surface area contributed by atoms with Crippen molar-refractivity contribution >= 4 is 17.5 Å². The molecule has 0 amide bonds. The van der Waals surface area contributed by atoms with Gasteiger partial charge in [-0.2, -0.15) is 0 Å². The van der Waals surface area contributed by atoms with E-state index in [0.29, 0.717) is 12.5 Å². The molecule has 2 heterocycles. The molecule has 0 radical (unpaired) electrons. The van der Waals surface area contributed by atoms with Gasteiger partial charge in [0.2, 0.25) is 0 Å². The van der Waals surface area contributed by atoms with Crippen molar-refractivity contribution < 1.29 is 0 Å². The molecule has 26 heavy (non-hydrogen) atoms. The molecule has 0 unspecified atom stereocenters. The maximum atomic E-state index is 6.06. The highest BCUT2D eigenvalue weighted by Gasteiger charge is 2.15. The van der Waals surface area contributed by atoms with Gasteiger partial charge in [-0.1, -0.05) is 6.07 Å². The molecule has 6 nitrogen and oxygen atoms in total. The molecule has 1 saturated heterocycles. The number of nitrogens with one attached hydrogen (secondary N) is 1. The molecule has 138 valence electrons. The fourth-order valence-electron chi connectivity index (χ4n) is 3.18. The highest BCUT2D eigenvalue weighted by atomic mass is 15.3. The lowest BCUT2D eigenvalue weighted by atomic mass is 10.1. The van der Waals surface area contributed by atoms with E-state index in [1.807, 2.05) is 12.3 Å². The highest BCUT2D eigenvalue weighted by molar-refractivity contribution is 5.92. The van der Waals surface area contributed by atoms with E-state index in [4.69, 9.17) is 5.73 Å². The second kappa shape index (κ2) is 8.19. The van der Waals surface area contributed by atoms with Gasteiger partial charge in [-0.05, 0) is 61.9 Å². The van der Waals surface area contributed by atoms with Gasteiger partial charge in [0, 0.05) is 38.1 Å². The predicted molar refractivity (Wildman–Crippen MR) is 109 cm³/mol. The van der Waals surface area contributed by atoms with Crippen LogP contribution >= 0.6 is 0 Å². The van der Waals surface area contributed by atoms with Crippen LogP contribution in [0.25, 0.3) is 0 Å². The van der Waals surface area contributed by atoms with Gasteiger partial charge >= 0.3 is 0 Å². The Kier molecular flexibility index (Phi) is 5.73. The molecular weight excluding hydrogens is 324 g/mol. The average Bonchev–Trinajstić information content (AvgIpc) is 2.60. The normalized spacial score (nSPS) is 16.0. The monoisotopic (exact) mass is 352 g/mol. The van der Waals surface area contributed by atoms with Crippen LogP contribution in [0.15, 0.2) is 41.5 Å². The molecule has 0 atom stereocenters. The van der Waals surface area contributed by atoms with Gasteiger partial charge in [-0.25, -0.2) is 9.98 Å². The average molecular weight is 352 g/mol. The summed E-state index contributed by atoms with van der Waals surface area (Å²) >= 11 is 0. The minimum atomic E-state index is 0.424. The van der Waals surface area contributed by atoms with E-state index in [9.17, 15) is 0 Å². The molecule has 1 aromatic carbocycles. The molecule has 3 N–H and O–H groups in total. The summed E-state index contributed by atoms with van der Waals surface area (Å²) in [6.45, 7) is 8.82. The second-order valence-electron chi connectivity index (χ2n) is 7.02. The molecular formula is C20H28N6. The molecule has 1 aromatic heterocycles. The van der Waals surface area contributed by atoms with E-state index in [-0.39, 0.29) is 0 Å². The van der Waals surface area contributed by atoms with Crippen LogP contribution in [0, 0.1) is 13.8 Å². The Morgan fingerprint density at radius 2 is 1.81 bits per heavy atom. The van der Waals surface area contributed by atoms with Gasteiger partial charge in [0.25, 0.3) is 0 Å². The minimum absolute atomic E-state index is 0.424. The van der Waals surface area contributed by atoms with Crippen molar-refractivity contribution in [1.29, 1.82) is 0 Å². The second-order valence-corrected chi connectivity index (χ2v) is 7.02. The lowest BCUT2D eigenvalue weighted by molar-refractivity contribution is 0.312. The van der Waals surface area contributed by atoms with E-state index in [1.165, 1.54) is 11.1 Å². The number of benzene rings is 1. The molecule has 1 fully saturated rings. The van der Waals surface area contributed by atoms with Crippen LogP contribution in [0.5, 0.6) is 0 Å². The summed E-state index contributed by atoms with van der Waals surface area (Å²) in [6, 6.07) is 10.4. The van der Waals surface area contributed by atoms with E-state index in [2.05, 4.69) is 70.3 Å². The summed E-state index contributed by atoms with van der Waals surface area (Å²) in [4.78, 5) is 13.7. The first-order valence-electron chi connectivity index (χ1n) is 9.03. The third-order valence-electron chi connectivity index (χ3n) is 4.56. The number of hydrogen-bond donors (Lipinski definition) is 2. The highest BCUT2D eigenvalue weighted by Crippen LogP contribution is 2.16. The molecule has 0 bridgehead atoms. The molecule has 6 heteroatoms. The Bertz CT molecular complexity index is 757. The van der Waals surface area contributed by atoms with E-state index >= 15 is 0 Å². The zero-order valence-corrected chi connectivity index (χ0v) is 15.9. The van der Waals surface area contributed by atoms with Crippen LogP contribution in [0.3, 0.4) is 0 Å². The lowest BCUT2D eigenvalue weighted by Crippen LogP contribution is -2.44. The van der Waals surface area contributed by atoms with Gasteiger partial charge < -0.3 is 20.9 Å². The molecule has 1 aliphatic heterocycles. The minimum Gasteiger partial charge on any atom is -0.370 e. The number of aromatic nitrogens is 1. The Hall–Kier alpha value is -2.60. The Balaban J connectivity index is 1.63. The van der Waals surface area contributed by atoms with E-state index in [0.717, 1.165) is 43.2 Å². The number of aliphatic imine (C=N–C) groups is 1. The Morgan fingerprint density at radius 1 is 1.12 bits per heavy atom. The Labute approximate surface area is 155 Å². The maximum absolute atomic E-state index is 6.06. The molecule has 0 saturated carbocycles. The standard InChI is InChI=1S/C20H28N6/c1-15-10-16(2)12-18(11-15)24-20(21)23-14-17-4-5-22-19(13-17)26-8-6-25(3)7-9-26/h4-5,10-13H,6-9,14H2,1-3H3,(H3,21,23,24). The third kappa shape index (κ3) is 4.95. The van der Waals surface area contributed by atoms with Crippen LogP contribution in [0.4, 0.5) is 11.5 Å². The first-order valence-corrected chi connectivity index (χ1v) is 9.03. The molecule has 1 aliphatic rings. The van der Waals surface area contributed by atoms with Crippen LogP contribution in [0.2, 0.25) is 0 Å². The van der Waals surface area contributed by atoms with Crippen molar-refractivity contribution in [3.8, 4) is 0 Å². The lowest BCUT2D eigenvalue weighted by Gasteiger charge is -2.33. The van der Waals surface area contributed by atoms with Gasteiger partial charge in [0.05, 0.1) is 6.54 Å². The van der Waals surface area contributed by atoms with Crippen LogP contribution in [-0.2, 0) is 6.54 Å². The summed E-state index contributed by atoms with van der Waals surface area (Å²) in [5, 5.41) is 3.17. The van der Waals surface area contributed by atoms with Crippen molar-refractivity contribution in [2.24, 2.45) is 10.7 Å². The number of piperazine rings is 1. The number of anilines is 2. The van der Waals surface area contributed by atoms with Crippen LogP contribution < -0.4 is 16.0 Å². The zero-order valence-electron chi connectivity index (χ0n) is 15.9. The van der Waals surface area contributed by atoms with Crippen molar-refractivity contribution in [3.05, 3.63) is 53.2 Å². The number of nitrogens with two attached hydrogens (primary N) is 1. The summed E-state index contributed by atoms with van der Waals surface area (Å²) in [7, 11) is 2.15. The van der Waals surface area contributed by atoms with Crippen molar-refractivity contribution in [2.45, 2.75) is 20.4 Å². The van der Waals surface area contributed by atoms with Gasteiger partial charge in [-0.3, -0.25) is 0 Å². The van der Waals surface area contributed by atoms with Gasteiger partial charge in [0.1, 0.15) is 5.82 Å². The van der Waals surface area contributed by atoms with Gasteiger partial charge in [-0.15, -0.1) is 0 Å². The summed E-state index contributed by atoms with van der Waals surface area (Å²) in [5.41, 5.74) is 10.5. The fourth-order valence-corrected chi connectivity index (χ4v) is 3.18. The number of rotatable bonds is 4. The molecule has 0 spiro atoms. The quantitative estimate of drug-likeness (QED) is 0.653. The number of pyridine rings is 1. The largest absolute Gasteiger partial charge is 0.370 e. The maximum Gasteiger partial charge on any atom is 0.193 e.